The number of amides is 1. The lowest BCUT2D eigenvalue weighted by Crippen LogP contribution is -2.46. The molecule has 0 bridgehead atoms. The van der Waals surface area contributed by atoms with E-state index in [0.29, 0.717) is 10.0 Å². The van der Waals surface area contributed by atoms with E-state index in [0.717, 1.165) is 33.0 Å². The van der Waals surface area contributed by atoms with Crippen molar-refractivity contribution in [1.29, 1.82) is 0 Å². The zero-order valence-electron chi connectivity index (χ0n) is 20.9. The standard InChI is InChI=1S/C33H25Cl2NO3/c34-28-18-27(19-29(35)20-28)32(37)36(21-26-11-6-10-25-9-4-5-12-30(25)26)31(33(38)39)17-22-13-15-24(16-14-22)23-7-2-1-3-8-23/h1-16,18-20,31H,17,21H2,(H,38,39). The molecule has 1 unspecified atom stereocenters. The largest absolute Gasteiger partial charge is 0.480 e. The summed E-state index contributed by atoms with van der Waals surface area (Å²) in [7, 11) is 0. The van der Waals surface area contributed by atoms with Crippen molar-refractivity contribution in [2.75, 3.05) is 0 Å². The first-order valence-electron chi connectivity index (χ1n) is 12.5. The zero-order valence-corrected chi connectivity index (χ0v) is 22.4. The lowest BCUT2D eigenvalue weighted by Gasteiger charge is -2.30. The number of carboxylic acids is 1. The molecule has 6 heteroatoms. The molecule has 0 radical (unpaired) electrons. The summed E-state index contributed by atoms with van der Waals surface area (Å²) < 4.78 is 0. The molecule has 0 aliphatic carbocycles. The first-order valence-corrected chi connectivity index (χ1v) is 13.3. The van der Waals surface area contributed by atoms with Crippen molar-refractivity contribution in [1.82, 2.24) is 4.90 Å². The normalized spacial score (nSPS) is 11.7. The Kier molecular flexibility index (Phi) is 7.97. The van der Waals surface area contributed by atoms with Gasteiger partial charge in [0, 0.05) is 28.6 Å². The Labute approximate surface area is 237 Å². The number of rotatable bonds is 8. The molecule has 0 saturated heterocycles. The van der Waals surface area contributed by atoms with Gasteiger partial charge < -0.3 is 10.0 Å². The van der Waals surface area contributed by atoms with Gasteiger partial charge in [0.2, 0.25) is 0 Å². The Morgan fingerprint density at radius 3 is 2.03 bits per heavy atom. The molecule has 1 N–H and O–H groups in total. The fraction of sp³-hybridized carbons (Fsp3) is 0.0909. The van der Waals surface area contributed by atoms with Crippen molar-refractivity contribution in [2.24, 2.45) is 0 Å². The van der Waals surface area contributed by atoms with Crippen molar-refractivity contribution in [3.05, 3.63) is 142 Å². The molecule has 194 valence electrons. The molecule has 0 aromatic heterocycles. The lowest BCUT2D eigenvalue weighted by molar-refractivity contribution is -0.142. The highest BCUT2D eigenvalue weighted by molar-refractivity contribution is 6.35. The summed E-state index contributed by atoms with van der Waals surface area (Å²) >= 11 is 12.4. The van der Waals surface area contributed by atoms with Crippen LogP contribution in [-0.2, 0) is 17.8 Å². The molecule has 5 aromatic rings. The van der Waals surface area contributed by atoms with E-state index in [4.69, 9.17) is 23.2 Å². The predicted octanol–water partition coefficient (Wildman–Crippen LogP) is 8.15. The predicted molar refractivity (Wildman–Crippen MR) is 157 cm³/mol. The van der Waals surface area contributed by atoms with E-state index in [-0.39, 0.29) is 18.5 Å². The molecule has 0 aliphatic rings. The Balaban J connectivity index is 1.52. The summed E-state index contributed by atoms with van der Waals surface area (Å²) in [6.45, 7) is 0.101. The summed E-state index contributed by atoms with van der Waals surface area (Å²) in [6.07, 6.45) is 0.134. The number of carbonyl (C=O) groups excluding carboxylic acids is 1. The van der Waals surface area contributed by atoms with Crippen LogP contribution < -0.4 is 0 Å². The van der Waals surface area contributed by atoms with Crippen LogP contribution in [0.2, 0.25) is 10.0 Å². The van der Waals surface area contributed by atoms with Gasteiger partial charge in [-0.05, 0) is 51.2 Å². The minimum Gasteiger partial charge on any atom is -0.480 e. The van der Waals surface area contributed by atoms with E-state index in [1.165, 1.54) is 23.1 Å². The van der Waals surface area contributed by atoms with Crippen LogP contribution in [0.3, 0.4) is 0 Å². The maximum absolute atomic E-state index is 13.9. The topological polar surface area (TPSA) is 57.6 Å². The van der Waals surface area contributed by atoms with Crippen LogP contribution in [-0.4, -0.2) is 27.9 Å². The first kappa shape index (κ1) is 26.5. The number of hydrogen-bond donors (Lipinski definition) is 1. The minimum absolute atomic E-state index is 0.101. The van der Waals surface area contributed by atoms with Crippen LogP contribution in [0.5, 0.6) is 0 Å². The SMILES string of the molecule is O=C(O)C(Cc1ccc(-c2ccccc2)cc1)N(Cc1cccc2ccccc12)C(=O)c1cc(Cl)cc(Cl)c1. The summed E-state index contributed by atoms with van der Waals surface area (Å²) in [5.41, 5.74) is 3.99. The monoisotopic (exact) mass is 553 g/mol. The van der Waals surface area contributed by atoms with Crippen LogP contribution in [0.4, 0.5) is 0 Å². The van der Waals surface area contributed by atoms with E-state index < -0.39 is 17.9 Å². The van der Waals surface area contributed by atoms with E-state index in [2.05, 4.69) is 0 Å². The van der Waals surface area contributed by atoms with Gasteiger partial charge in [0.15, 0.2) is 0 Å². The molecule has 1 amide bonds. The van der Waals surface area contributed by atoms with Crippen molar-refractivity contribution >= 4 is 45.9 Å². The molecule has 1 atom stereocenters. The minimum atomic E-state index is -1.13. The number of carboxylic acid groups (broad SMARTS) is 1. The highest BCUT2D eigenvalue weighted by Crippen LogP contribution is 2.26. The van der Waals surface area contributed by atoms with Gasteiger partial charge in [-0.25, -0.2) is 4.79 Å². The third kappa shape index (κ3) is 6.14. The van der Waals surface area contributed by atoms with Gasteiger partial charge in [-0.2, -0.15) is 0 Å². The molecular formula is C33H25Cl2NO3. The highest BCUT2D eigenvalue weighted by atomic mass is 35.5. The fourth-order valence-corrected chi connectivity index (χ4v) is 5.32. The van der Waals surface area contributed by atoms with Crippen LogP contribution in [0.15, 0.2) is 115 Å². The van der Waals surface area contributed by atoms with Crippen LogP contribution in [0.1, 0.15) is 21.5 Å². The van der Waals surface area contributed by atoms with Crippen molar-refractivity contribution < 1.29 is 14.7 Å². The average Bonchev–Trinajstić information content (AvgIpc) is 2.95. The van der Waals surface area contributed by atoms with Crippen LogP contribution in [0, 0.1) is 0 Å². The van der Waals surface area contributed by atoms with Gasteiger partial charge in [-0.1, -0.05) is 120 Å². The molecule has 4 nitrogen and oxygen atoms in total. The van der Waals surface area contributed by atoms with Gasteiger partial charge in [-0.15, -0.1) is 0 Å². The quantitative estimate of drug-likeness (QED) is 0.211. The third-order valence-corrected chi connectivity index (χ3v) is 7.18. The average molecular weight is 554 g/mol. The van der Waals surface area contributed by atoms with E-state index in [1.54, 1.807) is 0 Å². The van der Waals surface area contributed by atoms with E-state index in [1.807, 2.05) is 97.1 Å². The Morgan fingerprint density at radius 1 is 0.718 bits per heavy atom. The number of carbonyl (C=O) groups is 2. The number of hydrogen-bond acceptors (Lipinski definition) is 2. The second-order valence-electron chi connectivity index (χ2n) is 9.35. The summed E-state index contributed by atoms with van der Waals surface area (Å²) in [4.78, 5) is 28.0. The molecule has 5 rings (SSSR count). The number of benzene rings is 5. The maximum atomic E-state index is 13.9. The summed E-state index contributed by atoms with van der Waals surface area (Å²) in [5.74, 6) is -1.55. The zero-order chi connectivity index (χ0) is 27.4. The summed E-state index contributed by atoms with van der Waals surface area (Å²) in [5, 5.41) is 13.0. The molecule has 0 aliphatic heterocycles. The Bertz CT molecular complexity index is 1610. The number of nitrogens with zero attached hydrogens (tertiary/aromatic N) is 1. The second-order valence-corrected chi connectivity index (χ2v) is 10.2. The van der Waals surface area contributed by atoms with E-state index >= 15 is 0 Å². The molecular weight excluding hydrogens is 529 g/mol. The van der Waals surface area contributed by atoms with Gasteiger partial charge in [0.05, 0.1) is 0 Å². The molecule has 0 heterocycles. The molecule has 39 heavy (non-hydrogen) atoms. The van der Waals surface area contributed by atoms with Crippen LogP contribution >= 0.6 is 23.2 Å². The smallest absolute Gasteiger partial charge is 0.326 e. The lowest BCUT2D eigenvalue weighted by atomic mass is 9.98. The fourth-order valence-electron chi connectivity index (χ4n) is 4.80. The van der Waals surface area contributed by atoms with Crippen molar-refractivity contribution in [3.63, 3.8) is 0 Å². The van der Waals surface area contributed by atoms with Gasteiger partial charge in [0.1, 0.15) is 6.04 Å². The number of aliphatic carboxylic acids is 1. The highest BCUT2D eigenvalue weighted by Gasteiger charge is 2.31. The van der Waals surface area contributed by atoms with E-state index in [9.17, 15) is 14.7 Å². The Hall–Kier alpha value is -4.12. The van der Waals surface area contributed by atoms with Gasteiger partial charge in [0.25, 0.3) is 5.91 Å². The van der Waals surface area contributed by atoms with Crippen molar-refractivity contribution in [2.45, 2.75) is 19.0 Å². The van der Waals surface area contributed by atoms with Gasteiger partial charge >= 0.3 is 5.97 Å². The maximum Gasteiger partial charge on any atom is 0.326 e. The first-order chi connectivity index (χ1) is 18.9. The Morgan fingerprint density at radius 2 is 1.33 bits per heavy atom. The summed E-state index contributed by atoms with van der Waals surface area (Å²) in [6, 6.07) is 34.8. The molecule has 0 saturated carbocycles. The molecule has 5 aromatic carbocycles. The molecule has 0 spiro atoms. The van der Waals surface area contributed by atoms with Crippen molar-refractivity contribution in [3.8, 4) is 11.1 Å². The van der Waals surface area contributed by atoms with Gasteiger partial charge in [-0.3, -0.25) is 4.79 Å². The second kappa shape index (κ2) is 11.7. The molecule has 0 fully saturated rings. The number of halogens is 2. The third-order valence-electron chi connectivity index (χ3n) is 6.74. The number of fused-ring (bicyclic) bond motifs is 1. The van der Waals surface area contributed by atoms with Crippen LogP contribution in [0.25, 0.3) is 21.9 Å².